The minimum atomic E-state index is -0.440. The van der Waals surface area contributed by atoms with Gasteiger partial charge in [-0.1, -0.05) is 12.1 Å². The van der Waals surface area contributed by atoms with Crippen LogP contribution in [0.25, 0.3) is 22.8 Å². The van der Waals surface area contributed by atoms with Gasteiger partial charge in [0, 0.05) is 6.08 Å². The van der Waals surface area contributed by atoms with Crippen molar-refractivity contribution < 1.29 is 4.42 Å². The number of hydrogen-bond acceptors (Lipinski definition) is 4. The third kappa shape index (κ3) is 1.69. The second kappa shape index (κ2) is 4.17. The van der Waals surface area contributed by atoms with E-state index in [0.717, 1.165) is 4.40 Å². The number of para-hydroxylation sites is 1. The molecule has 1 aromatic carbocycles. The normalized spacial score (nSPS) is 12.5. The van der Waals surface area contributed by atoms with Crippen LogP contribution in [-0.4, -0.2) is 14.4 Å². The number of benzene rings is 1. The summed E-state index contributed by atoms with van der Waals surface area (Å²) in [5, 5.41) is 0.667. The standard InChI is InChI=1S/C15H9N3O3/c19-13-10-5-1-2-6-11(10)16-15-17-12(14(20)18(13)15)8-9-4-3-7-21-9/h1-8H,(H,16,17)/b12-8+. The highest BCUT2D eigenvalue weighted by Gasteiger charge is 2.10. The van der Waals surface area contributed by atoms with Crippen LogP contribution < -0.4 is 16.5 Å². The molecule has 6 heteroatoms. The highest BCUT2D eigenvalue weighted by Crippen LogP contribution is 2.05. The van der Waals surface area contributed by atoms with Crippen LogP contribution in [0, 0.1) is 0 Å². The SMILES string of the molecule is O=c1/c(=C\c2ccco2)[nH]c2nc3ccccc3c(=O)n12. The lowest BCUT2D eigenvalue weighted by Gasteiger charge is -1.95. The van der Waals surface area contributed by atoms with E-state index >= 15 is 0 Å². The quantitative estimate of drug-likeness (QED) is 0.555. The fraction of sp³-hybridized carbons (Fsp3) is 0. The van der Waals surface area contributed by atoms with Gasteiger partial charge in [-0.3, -0.25) is 9.59 Å². The van der Waals surface area contributed by atoms with E-state index in [2.05, 4.69) is 9.97 Å². The highest BCUT2D eigenvalue weighted by molar-refractivity contribution is 5.78. The molecular weight excluding hydrogens is 270 g/mol. The maximum atomic E-state index is 12.4. The number of imidazole rings is 1. The molecule has 0 saturated carbocycles. The van der Waals surface area contributed by atoms with E-state index in [-0.39, 0.29) is 16.7 Å². The van der Waals surface area contributed by atoms with Crippen LogP contribution in [0.5, 0.6) is 0 Å². The molecule has 102 valence electrons. The summed E-state index contributed by atoms with van der Waals surface area (Å²) in [6.45, 7) is 0. The molecule has 0 fully saturated rings. The molecule has 0 aliphatic carbocycles. The summed E-state index contributed by atoms with van der Waals surface area (Å²) < 4.78 is 6.21. The molecule has 4 rings (SSSR count). The number of aromatic nitrogens is 3. The van der Waals surface area contributed by atoms with Crippen LogP contribution in [0.1, 0.15) is 5.76 Å². The first kappa shape index (κ1) is 11.7. The molecular formula is C15H9N3O3. The van der Waals surface area contributed by atoms with E-state index in [4.69, 9.17) is 4.42 Å². The fourth-order valence-corrected chi connectivity index (χ4v) is 2.31. The molecule has 0 unspecified atom stereocenters. The lowest BCUT2D eigenvalue weighted by molar-refractivity contribution is 0.556. The molecule has 0 amide bonds. The molecule has 0 saturated heterocycles. The summed E-state index contributed by atoms with van der Waals surface area (Å²) in [4.78, 5) is 31.9. The first-order valence-electron chi connectivity index (χ1n) is 6.33. The summed E-state index contributed by atoms with van der Waals surface area (Å²) >= 11 is 0. The minimum absolute atomic E-state index is 0.224. The monoisotopic (exact) mass is 279 g/mol. The van der Waals surface area contributed by atoms with Gasteiger partial charge in [0.15, 0.2) is 0 Å². The third-order valence-corrected chi connectivity index (χ3v) is 3.29. The zero-order valence-electron chi connectivity index (χ0n) is 10.7. The minimum Gasteiger partial charge on any atom is -0.465 e. The summed E-state index contributed by atoms with van der Waals surface area (Å²) in [5.41, 5.74) is -0.270. The van der Waals surface area contributed by atoms with Crippen LogP contribution in [0.4, 0.5) is 0 Å². The van der Waals surface area contributed by atoms with E-state index in [1.807, 2.05) is 0 Å². The van der Waals surface area contributed by atoms with Gasteiger partial charge in [-0.15, -0.1) is 0 Å². The van der Waals surface area contributed by atoms with Gasteiger partial charge >= 0.3 is 0 Å². The number of nitrogens with zero attached hydrogens (tertiary/aromatic N) is 2. The van der Waals surface area contributed by atoms with Gasteiger partial charge in [0.25, 0.3) is 11.1 Å². The van der Waals surface area contributed by atoms with Gasteiger partial charge in [0.1, 0.15) is 11.1 Å². The number of hydrogen-bond donors (Lipinski definition) is 1. The molecule has 1 N–H and O–H groups in total. The molecule has 0 spiro atoms. The molecule has 21 heavy (non-hydrogen) atoms. The highest BCUT2D eigenvalue weighted by atomic mass is 16.3. The van der Waals surface area contributed by atoms with Crippen molar-refractivity contribution in [1.29, 1.82) is 0 Å². The Morgan fingerprint density at radius 1 is 1.10 bits per heavy atom. The Balaban J connectivity index is 2.16. The van der Waals surface area contributed by atoms with E-state index in [0.29, 0.717) is 16.7 Å². The summed E-state index contributed by atoms with van der Waals surface area (Å²) in [5.74, 6) is 0.748. The van der Waals surface area contributed by atoms with Crippen LogP contribution >= 0.6 is 0 Å². The Morgan fingerprint density at radius 3 is 2.76 bits per heavy atom. The first-order valence-corrected chi connectivity index (χ1v) is 6.33. The Hall–Kier alpha value is -3.15. The molecule has 0 atom stereocenters. The second-order valence-electron chi connectivity index (χ2n) is 4.60. The van der Waals surface area contributed by atoms with Gasteiger partial charge in [0.05, 0.1) is 17.2 Å². The van der Waals surface area contributed by atoms with Crippen molar-refractivity contribution in [3.63, 3.8) is 0 Å². The van der Waals surface area contributed by atoms with Crippen molar-refractivity contribution in [3.8, 4) is 0 Å². The predicted octanol–water partition coefficient (Wildman–Crippen LogP) is 0.677. The average molecular weight is 279 g/mol. The second-order valence-corrected chi connectivity index (χ2v) is 4.60. The van der Waals surface area contributed by atoms with Gasteiger partial charge in [-0.05, 0) is 24.3 Å². The van der Waals surface area contributed by atoms with Crippen molar-refractivity contribution in [2.45, 2.75) is 0 Å². The van der Waals surface area contributed by atoms with Gasteiger partial charge < -0.3 is 9.40 Å². The molecule has 0 aliphatic rings. The Morgan fingerprint density at radius 2 is 1.95 bits per heavy atom. The predicted molar refractivity (Wildman–Crippen MR) is 77.1 cm³/mol. The van der Waals surface area contributed by atoms with E-state index in [1.165, 1.54) is 6.26 Å². The lowest BCUT2D eigenvalue weighted by atomic mass is 10.2. The van der Waals surface area contributed by atoms with Crippen molar-refractivity contribution in [1.82, 2.24) is 14.4 Å². The Kier molecular flexibility index (Phi) is 2.32. The maximum Gasteiger partial charge on any atom is 0.284 e. The van der Waals surface area contributed by atoms with E-state index in [9.17, 15) is 9.59 Å². The average Bonchev–Trinajstić information content (AvgIpc) is 3.09. The number of aromatic amines is 1. The number of furan rings is 1. The van der Waals surface area contributed by atoms with Crippen LogP contribution in [-0.2, 0) is 0 Å². The fourth-order valence-electron chi connectivity index (χ4n) is 2.31. The molecule has 4 aromatic rings. The summed E-state index contributed by atoms with van der Waals surface area (Å²) in [7, 11) is 0. The summed E-state index contributed by atoms with van der Waals surface area (Å²) in [6, 6.07) is 10.4. The molecule has 6 nitrogen and oxygen atoms in total. The number of rotatable bonds is 1. The maximum absolute atomic E-state index is 12.4. The molecule has 0 bridgehead atoms. The van der Waals surface area contributed by atoms with Gasteiger partial charge in [-0.2, -0.15) is 0 Å². The molecule has 0 aliphatic heterocycles. The van der Waals surface area contributed by atoms with E-state index < -0.39 is 5.56 Å². The topological polar surface area (TPSA) is 80.4 Å². The summed E-state index contributed by atoms with van der Waals surface area (Å²) in [6.07, 6.45) is 3.05. The largest absolute Gasteiger partial charge is 0.465 e. The van der Waals surface area contributed by atoms with Crippen LogP contribution in [0.2, 0.25) is 0 Å². The zero-order chi connectivity index (χ0) is 14.4. The number of nitrogens with one attached hydrogen (secondary N) is 1. The van der Waals surface area contributed by atoms with Crippen LogP contribution in [0.15, 0.2) is 56.7 Å². The van der Waals surface area contributed by atoms with Crippen molar-refractivity contribution >= 4 is 22.8 Å². The van der Waals surface area contributed by atoms with Gasteiger partial charge in [0.2, 0.25) is 5.78 Å². The molecule has 3 aromatic heterocycles. The Bertz CT molecular complexity index is 1120. The third-order valence-electron chi connectivity index (χ3n) is 3.29. The molecule has 3 heterocycles. The first-order chi connectivity index (χ1) is 10.2. The number of fused-ring (bicyclic) bond motifs is 2. The van der Waals surface area contributed by atoms with Crippen molar-refractivity contribution in [3.05, 3.63) is 74.5 Å². The lowest BCUT2D eigenvalue weighted by Crippen LogP contribution is -2.31. The smallest absolute Gasteiger partial charge is 0.284 e. The van der Waals surface area contributed by atoms with Crippen LogP contribution in [0.3, 0.4) is 0 Å². The van der Waals surface area contributed by atoms with E-state index in [1.54, 1.807) is 42.5 Å². The zero-order valence-corrected chi connectivity index (χ0v) is 10.7. The number of H-pyrrole nitrogens is 1. The Labute approximate surface area is 117 Å². The van der Waals surface area contributed by atoms with Gasteiger partial charge in [-0.25, -0.2) is 9.38 Å². The van der Waals surface area contributed by atoms with Crippen molar-refractivity contribution in [2.24, 2.45) is 0 Å². The van der Waals surface area contributed by atoms with Crippen molar-refractivity contribution in [2.75, 3.05) is 0 Å². The molecule has 0 radical (unpaired) electrons.